The summed E-state index contributed by atoms with van der Waals surface area (Å²) in [5, 5.41) is 47.4. The smallest absolute Gasteiger partial charge is 0.492 e. The Morgan fingerprint density at radius 2 is 0.675 bits per heavy atom. The molecule has 0 unspecified atom stereocenters. The van der Waals surface area contributed by atoms with Gasteiger partial charge in [-0.3, -0.25) is 0 Å². The van der Waals surface area contributed by atoms with E-state index in [9.17, 15) is 15.3 Å². The molecule has 0 bridgehead atoms. The number of aromatic hydroxyl groups is 2. The first kappa shape index (κ1) is 58.8. The van der Waals surface area contributed by atoms with Crippen LogP contribution in [0.1, 0.15) is 14.4 Å². The molecule has 11 rings (SSSR count). The van der Waals surface area contributed by atoms with Crippen LogP contribution in [-0.4, -0.2) is 76.6 Å². The number of methoxy groups -OCH3 is 2. The minimum atomic E-state index is -1.47. The molecule has 0 saturated carbocycles. The van der Waals surface area contributed by atoms with Gasteiger partial charge in [-0.1, -0.05) is 123 Å². The van der Waals surface area contributed by atoms with Crippen LogP contribution in [0, 0.1) is 0 Å². The molecule has 402 valence electrons. The third-order valence-electron chi connectivity index (χ3n) is 11.8. The van der Waals surface area contributed by atoms with Crippen LogP contribution in [0.25, 0.3) is 79.2 Å². The second kappa shape index (κ2) is 29.2. The number of aliphatic hydroxyl groups excluding tert-OH is 1. The van der Waals surface area contributed by atoms with Crippen molar-refractivity contribution in [2.75, 3.05) is 14.2 Å². The molecule has 0 aliphatic heterocycles. The third kappa shape index (κ3) is 15.4. The summed E-state index contributed by atoms with van der Waals surface area (Å²) in [7, 11) is 1.68. The van der Waals surface area contributed by atoms with Gasteiger partial charge in [-0.05, 0) is 153 Å². The van der Waals surface area contributed by atoms with Crippen LogP contribution >= 0.6 is 31.9 Å². The van der Waals surface area contributed by atoms with E-state index >= 15 is 0 Å². The van der Waals surface area contributed by atoms with Gasteiger partial charge in [0.15, 0.2) is 0 Å². The fourth-order valence-electron chi connectivity index (χ4n) is 8.04. The average molecular weight is 1190 g/mol. The number of aliphatic hydroxyl groups is 1. The van der Waals surface area contributed by atoms with Crippen molar-refractivity contribution < 1.29 is 36.3 Å². The van der Waals surface area contributed by atoms with Crippen molar-refractivity contribution >= 4 is 44.4 Å². The van der Waals surface area contributed by atoms with Crippen LogP contribution in [-0.2, 0) is 6.61 Å². The summed E-state index contributed by atoms with van der Waals surface area (Å²) in [6.45, 7) is -0.0242. The minimum absolute atomic E-state index is 0. The topological polar surface area (TPSA) is 197 Å². The Bertz CT molecular complexity index is 3590. The first-order valence-corrected chi connectivity index (χ1v) is 26.1. The van der Waals surface area contributed by atoms with Crippen molar-refractivity contribution in [3.05, 3.63) is 245 Å². The number of pyridine rings is 6. The number of aromatic nitrogens is 6. The van der Waals surface area contributed by atoms with E-state index in [1.807, 2.05) is 182 Å². The highest BCUT2D eigenvalue weighted by atomic mass is 79.9. The van der Waals surface area contributed by atoms with Crippen LogP contribution in [0.4, 0.5) is 0 Å². The molecule has 6 aromatic heterocycles. The van der Waals surface area contributed by atoms with Gasteiger partial charge in [-0.15, -0.1) is 0 Å². The molecule has 80 heavy (non-hydrogen) atoms. The normalized spacial score (nSPS) is 10.2. The number of ether oxygens (including phenoxy) is 2. The van der Waals surface area contributed by atoms with Gasteiger partial charge in [0.1, 0.15) is 32.2 Å². The SMILES string of the molecule is Brc1cccc(-c2cccc(Br)n2)n1.C.COc1ccccc1-c1cccc(-c2cccc(-c3ccccc3CO)n2)n1.COc1ccccc1B(O)O.Oc1ccccc1-c1cccc(-c2cccc(-c3ccccc3O)n2)n1.[2HH]. The lowest BCUT2D eigenvalue weighted by Crippen LogP contribution is -2.30. The number of phenols is 2. The van der Waals surface area contributed by atoms with Gasteiger partial charge in [0.25, 0.3) is 0 Å². The number of nitrogens with zero attached hydrogens (tertiary/aromatic N) is 6. The number of para-hydroxylation sites is 4. The summed E-state index contributed by atoms with van der Waals surface area (Å²) < 4.78 is 12.0. The van der Waals surface area contributed by atoms with E-state index < -0.39 is 7.12 Å². The van der Waals surface area contributed by atoms with Crippen molar-refractivity contribution in [3.8, 4) is 102 Å². The highest BCUT2D eigenvalue weighted by Gasteiger charge is 2.16. The molecule has 0 amide bonds. The quantitative estimate of drug-likeness (QED) is 0.0606. The molecule has 0 saturated heterocycles. The first-order valence-electron chi connectivity index (χ1n) is 24.6. The summed E-state index contributed by atoms with van der Waals surface area (Å²) in [6, 6.07) is 71.0. The molecular formula is C64H57BBr2N6O7. The maximum atomic E-state index is 10.1. The predicted molar refractivity (Wildman–Crippen MR) is 327 cm³/mol. The second-order valence-corrected chi connectivity index (χ2v) is 18.6. The van der Waals surface area contributed by atoms with Gasteiger partial charge < -0.3 is 34.8 Å². The second-order valence-electron chi connectivity index (χ2n) is 17.0. The predicted octanol–water partition coefficient (Wildman–Crippen LogP) is 13.8. The zero-order valence-electron chi connectivity index (χ0n) is 42.7. The zero-order valence-corrected chi connectivity index (χ0v) is 45.9. The van der Waals surface area contributed by atoms with Crippen LogP contribution in [0.3, 0.4) is 0 Å². The maximum Gasteiger partial charge on any atom is 0.492 e. The Labute approximate surface area is 483 Å². The number of halogens is 2. The molecule has 16 heteroatoms. The monoisotopic (exact) mass is 1190 g/mol. The van der Waals surface area contributed by atoms with E-state index in [1.165, 1.54) is 7.11 Å². The maximum absolute atomic E-state index is 10.1. The van der Waals surface area contributed by atoms with E-state index in [1.54, 1.807) is 55.6 Å². The zero-order chi connectivity index (χ0) is 55.5. The molecule has 11 aromatic rings. The van der Waals surface area contributed by atoms with Gasteiger partial charge in [0.05, 0.1) is 77.8 Å². The summed E-state index contributed by atoms with van der Waals surface area (Å²) in [5.74, 6) is 1.65. The summed E-state index contributed by atoms with van der Waals surface area (Å²) in [4.78, 5) is 27.5. The van der Waals surface area contributed by atoms with Crippen molar-refractivity contribution in [1.82, 2.24) is 29.9 Å². The number of phenolic OH excluding ortho intramolecular Hbond substituents is 2. The summed E-state index contributed by atoms with van der Waals surface area (Å²) >= 11 is 6.65. The Morgan fingerprint density at radius 3 is 1.06 bits per heavy atom. The molecule has 6 heterocycles. The Morgan fingerprint density at radius 1 is 0.362 bits per heavy atom. The highest BCUT2D eigenvalue weighted by Crippen LogP contribution is 2.33. The van der Waals surface area contributed by atoms with Crippen molar-refractivity contribution in [2.45, 2.75) is 14.0 Å². The van der Waals surface area contributed by atoms with Gasteiger partial charge >= 0.3 is 7.12 Å². The summed E-state index contributed by atoms with van der Waals surface area (Å²) in [6.07, 6.45) is 0. The van der Waals surface area contributed by atoms with Crippen molar-refractivity contribution in [1.29, 1.82) is 0 Å². The molecule has 0 aliphatic rings. The Hall–Kier alpha value is -8.90. The van der Waals surface area contributed by atoms with Crippen molar-refractivity contribution in [2.24, 2.45) is 0 Å². The fourth-order valence-corrected chi connectivity index (χ4v) is 8.72. The van der Waals surface area contributed by atoms with E-state index in [0.717, 1.165) is 65.8 Å². The van der Waals surface area contributed by atoms with E-state index in [-0.39, 0.29) is 27.0 Å². The minimum Gasteiger partial charge on any atom is -0.507 e. The lowest BCUT2D eigenvalue weighted by Gasteiger charge is -2.10. The van der Waals surface area contributed by atoms with Crippen LogP contribution in [0.5, 0.6) is 23.0 Å². The van der Waals surface area contributed by atoms with Gasteiger partial charge in [-0.2, -0.15) is 0 Å². The van der Waals surface area contributed by atoms with Gasteiger partial charge in [-0.25, -0.2) is 29.9 Å². The number of rotatable bonds is 11. The third-order valence-corrected chi connectivity index (χ3v) is 12.7. The Balaban J connectivity index is 0.000000183. The van der Waals surface area contributed by atoms with E-state index in [4.69, 9.17) is 29.5 Å². The number of hydrogen-bond acceptors (Lipinski definition) is 13. The highest BCUT2D eigenvalue weighted by molar-refractivity contribution is 9.10. The molecular weight excluding hydrogens is 1140 g/mol. The fraction of sp³-hybridized carbons (Fsp3) is 0.0625. The number of hydrogen-bond donors (Lipinski definition) is 5. The lowest BCUT2D eigenvalue weighted by atomic mass is 9.80. The first-order chi connectivity index (χ1) is 38.5. The molecule has 5 N–H and O–H groups in total. The van der Waals surface area contributed by atoms with Gasteiger partial charge in [0, 0.05) is 29.1 Å². The van der Waals surface area contributed by atoms with Gasteiger partial charge in [0.2, 0.25) is 0 Å². The Kier molecular flexibility index (Phi) is 21.4. The molecule has 13 nitrogen and oxygen atoms in total. The van der Waals surface area contributed by atoms with Crippen molar-refractivity contribution in [3.63, 3.8) is 0 Å². The molecule has 5 aromatic carbocycles. The van der Waals surface area contributed by atoms with Crippen LogP contribution < -0.4 is 14.9 Å². The standard InChI is InChI=1S/C24H20N2O2.C22H16N2O2.C10H6Br2N2.C7H9BO3.CH4.H2/c1-28-24-15-5-4-10-19(24)21-12-7-14-23(26-21)22-13-6-11-20(25-22)18-9-3-2-8-17(18)16-27;25-21-13-3-1-7-15(21)17-9-5-11-19(23-17)20-12-6-10-18(24-20)16-8-2-4-14-22(16)26;11-9-5-1-3-7(13-9)8-4-2-6-10(12)14-8;1-11-7-5-3-2-4-6(7)8(9)10;;/h2-15,27H,16H2,1H3;1-14,25-26H;1-6H;2-5,9-10H,1H3;1H4;1H/i;;;;;1+1. The lowest BCUT2D eigenvalue weighted by molar-refractivity contribution is 0.282. The van der Waals surface area contributed by atoms with E-state index in [0.29, 0.717) is 45.1 Å². The molecule has 0 fully saturated rings. The summed E-state index contributed by atoms with van der Waals surface area (Å²) in [5.41, 5.74) is 12.1. The van der Waals surface area contributed by atoms with E-state index in [2.05, 4.69) is 51.8 Å². The van der Waals surface area contributed by atoms with Crippen LogP contribution in [0.15, 0.2) is 240 Å². The molecule has 0 aliphatic carbocycles. The molecule has 0 atom stereocenters. The molecule has 0 radical (unpaired) electrons. The number of benzene rings is 5. The molecule has 0 spiro atoms. The van der Waals surface area contributed by atoms with Crippen LogP contribution in [0.2, 0.25) is 0 Å². The average Bonchev–Trinajstić information content (AvgIpc) is 3.53. The largest absolute Gasteiger partial charge is 0.507 e.